The summed E-state index contributed by atoms with van der Waals surface area (Å²) in [7, 11) is 0. The Morgan fingerprint density at radius 3 is 2.50 bits per heavy atom. The largest absolute Gasteiger partial charge is 0.0651 e. The third kappa shape index (κ3) is 0.580. The standard InChI is InChI=1S/C10H18/c1-4-8-5-6-10(3)7(2)9(8)10/h7-9H,4-6H2,1-3H3. The molecule has 2 aliphatic rings. The van der Waals surface area contributed by atoms with Crippen LogP contribution in [0.3, 0.4) is 0 Å². The van der Waals surface area contributed by atoms with E-state index in [-0.39, 0.29) is 0 Å². The van der Waals surface area contributed by atoms with E-state index in [1.807, 2.05) is 0 Å². The first-order chi connectivity index (χ1) is 4.70. The van der Waals surface area contributed by atoms with Crippen LogP contribution in [0, 0.1) is 23.2 Å². The minimum absolute atomic E-state index is 0.792. The highest BCUT2D eigenvalue weighted by Gasteiger charge is 2.63. The predicted octanol–water partition coefficient (Wildman–Crippen LogP) is 3.08. The summed E-state index contributed by atoms with van der Waals surface area (Å²) in [6.07, 6.45) is 4.45. The van der Waals surface area contributed by atoms with Crippen LogP contribution in [-0.2, 0) is 0 Å². The molecular weight excluding hydrogens is 120 g/mol. The Morgan fingerprint density at radius 2 is 2.20 bits per heavy atom. The molecule has 58 valence electrons. The maximum absolute atomic E-state index is 2.48. The summed E-state index contributed by atoms with van der Waals surface area (Å²) in [5.74, 6) is 3.24. The molecule has 0 spiro atoms. The summed E-state index contributed by atoms with van der Waals surface area (Å²) in [6.45, 7) is 7.27. The van der Waals surface area contributed by atoms with Crippen molar-refractivity contribution in [1.29, 1.82) is 0 Å². The molecule has 0 heterocycles. The number of hydrogen-bond donors (Lipinski definition) is 0. The summed E-state index contributed by atoms with van der Waals surface area (Å²) >= 11 is 0. The van der Waals surface area contributed by atoms with E-state index >= 15 is 0 Å². The van der Waals surface area contributed by atoms with Crippen LogP contribution in [0.1, 0.15) is 40.0 Å². The molecule has 0 bridgehead atoms. The van der Waals surface area contributed by atoms with Crippen LogP contribution in [0.15, 0.2) is 0 Å². The average Bonchev–Trinajstić information content (AvgIpc) is 2.37. The van der Waals surface area contributed by atoms with Gasteiger partial charge in [0, 0.05) is 0 Å². The highest BCUT2D eigenvalue weighted by Crippen LogP contribution is 2.70. The monoisotopic (exact) mass is 138 g/mol. The van der Waals surface area contributed by atoms with Crippen molar-refractivity contribution in [1.82, 2.24) is 0 Å². The topological polar surface area (TPSA) is 0 Å². The van der Waals surface area contributed by atoms with Gasteiger partial charge in [-0.15, -0.1) is 0 Å². The maximum Gasteiger partial charge on any atom is -0.0263 e. The van der Waals surface area contributed by atoms with Gasteiger partial charge in [-0.3, -0.25) is 0 Å². The van der Waals surface area contributed by atoms with Gasteiger partial charge in [-0.2, -0.15) is 0 Å². The lowest BCUT2D eigenvalue weighted by molar-refractivity contribution is 0.427. The van der Waals surface area contributed by atoms with Crippen molar-refractivity contribution < 1.29 is 0 Å². The van der Waals surface area contributed by atoms with Crippen LogP contribution >= 0.6 is 0 Å². The van der Waals surface area contributed by atoms with Gasteiger partial charge in [-0.05, 0) is 36.0 Å². The lowest BCUT2D eigenvalue weighted by Gasteiger charge is -2.08. The number of rotatable bonds is 1. The zero-order valence-corrected chi connectivity index (χ0v) is 7.35. The zero-order valence-electron chi connectivity index (χ0n) is 7.35. The lowest BCUT2D eigenvalue weighted by Crippen LogP contribution is -1.98. The van der Waals surface area contributed by atoms with Crippen molar-refractivity contribution in [2.24, 2.45) is 23.2 Å². The van der Waals surface area contributed by atoms with Gasteiger partial charge in [-0.1, -0.05) is 27.2 Å². The third-order valence-corrected chi connectivity index (χ3v) is 4.32. The van der Waals surface area contributed by atoms with Gasteiger partial charge in [0.25, 0.3) is 0 Å². The molecule has 0 heteroatoms. The molecule has 0 amide bonds. The van der Waals surface area contributed by atoms with Gasteiger partial charge >= 0.3 is 0 Å². The molecule has 10 heavy (non-hydrogen) atoms. The Labute approximate surface area is 64.0 Å². The second-order valence-corrected chi connectivity index (χ2v) is 4.53. The average molecular weight is 138 g/mol. The van der Waals surface area contributed by atoms with Crippen molar-refractivity contribution in [3.63, 3.8) is 0 Å². The number of fused-ring (bicyclic) bond motifs is 1. The summed E-state index contributed by atoms with van der Waals surface area (Å²) in [5.41, 5.74) is 0.792. The molecule has 0 aromatic heterocycles. The third-order valence-electron chi connectivity index (χ3n) is 4.32. The Morgan fingerprint density at radius 1 is 1.50 bits per heavy atom. The quantitative estimate of drug-likeness (QED) is 0.522. The van der Waals surface area contributed by atoms with E-state index in [9.17, 15) is 0 Å². The fourth-order valence-corrected chi connectivity index (χ4v) is 3.31. The van der Waals surface area contributed by atoms with Gasteiger partial charge in [0.05, 0.1) is 0 Å². The lowest BCUT2D eigenvalue weighted by atomic mass is 9.97. The van der Waals surface area contributed by atoms with Crippen LogP contribution in [0.4, 0.5) is 0 Å². The van der Waals surface area contributed by atoms with Crippen molar-refractivity contribution in [3.8, 4) is 0 Å². The normalized spacial score (nSPS) is 58.5. The van der Waals surface area contributed by atoms with Crippen molar-refractivity contribution in [3.05, 3.63) is 0 Å². The van der Waals surface area contributed by atoms with Crippen LogP contribution in [0.5, 0.6) is 0 Å². The molecule has 0 aliphatic heterocycles. The minimum atomic E-state index is 0.792. The maximum atomic E-state index is 2.48. The van der Waals surface area contributed by atoms with E-state index in [1.165, 1.54) is 19.3 Å². The van der Waals surface area contributed by atoms with E-state index < -0.39 is 0 Å². The smallest absolute Gasteiger partial charge is 0.0263 e. The van der Waals surface area contributed by atoms with Crippen molar-refractivity contribution in [2.75, 3.05) is 0 Å². The molecule has 0 N–H and O–H groups in total. The van der Waals surface area contributed by atoms with Crippen molar-refractivity contribution in [2.45, 2.75) is 40.0 Å². The first-order valence-electron chi connectivity index (χ1n) is 4.70. The molecular formula is C10H18. The molecule has 2 fully saturated rings. The van der Waals surface area contributed by atoms with Crippen LogP contribution in [-0.4, -0.2) is 0 Å². The summed E-state index contributed by atoms with van der Waals surface area (Å²) in [5, 5.41) is 0. The molecule has 0 aromatic rings. The Balaban J connectivity index is 2.09. The molecule has 2 aliphatic carbocycles. The Bertz CT molecular complexity index is 150. The van der Waals surface area contributed by atoms with E-state index in [0.717, 1.165) is 23.2 Å². The molecule has 2 saturated carbocycles. The highest BCUT2D eigenvalue weighted by molar-refractivity contribution is 5.12. The van der Waals surface area contributed by atoms with Crippen molar-refractivity contribution >= 4 is 0 Å². The molecule has 4 atom stereocenters. The number of hydrogen-bond acceptors (Lipinski definition) is 0. The second kappa shape index (κ2) is 1.78. The van der Waals surface area contributed by atoms with E-state index in [4.69, 9.17) is 0 Å². The fourth-order valence-electron chi connectivity index (χ4n) is 3.31. The molecule has 0 nitrogen and oxygen atoms in total. The van der Waals surface area contributed by atoms with Gasteiger partial charge in [0.15, 0.2) is 0 Å². The highest BCUT2D eigenvalue weighted by atomic mass is 14.7. The van der Waals surface area contributed by atoms with Gasteiger partial charge < -0.3 is 0 Å². The Kier molecular flexibility index (Phi) is 1.19. The summed E-state index contributed by atoms with van der Waals surface area (Å²) in [6, 6.07) is 0. The van der Waals surface area contributed by atoms with E-state index in [0.29, 0.717) is 0 Å². The first-order valence-corrected chi connectivity index (χ1v) is 4.70. The van der Waals surface area contributed by atoms with Gasteiger partial charge in [0.1, 0.15) is 0 Å². The molecule has 2 rings (SSSR count). The second-order valence-electron chi connectivity index (χ2n) is 4.53. The summed E-state index contributed by atoms with van der Waals surface area (Å²) < 4.78 is 0. The minimum Gasteiger partial charge on any atom is -0.0651 e. The molecule has 0 aromatic carbocycles. The predicted molar refractivity (Wildman–Crippen MR) is 43.8 cm³/mol. The Hall–Kier alpha value is 0. The van der Waals surface area contributed by atoms with Crippen LogP contribution in [0.2, 0.25) is 0 Å². The molecule has 0 radical (unpaired) electrons. The first kappa shape index (κ1) is 6.69. The fraction of sp³-hybridized carbons (Fsp3) is 1.00. The SMILES string of the molecule is CCC1CCC2(C)C(C)C12. The van der Waals surface area contributed by atoms with Crippen LogP contribution < -0.4 is 0 Å². The van der Waals surface area contributed by atoms with Gasteiger partial charge in [0.2, 0.25) is 0 Å². The zero-order chi connectivity index (χ0) is 7.35. The van der Waals surface area contributed by atoms with Gasteiger partial charge in [-0.25, -0.2) is 0 Å². The van der Waals surface area contributed by atoms with Crippen LogP contribution in [0.25, 0.3) is 0 Å². The van der Waals surface area contributed by atoms with E-state index in [2.05, 4.69) is 20.8 Å². The van der Waals surface area contributed by atoms with E-state index in [1.54, 1.807) is 0 Å². The molecule has 4 unspecified atom stereocenters. The summed E-state index contributed by atoms with van der Waals surface area (Å²) in [4.78, 5) is 0. The molecule has 0 saturated heterocycles.